The number of rotatable bonds is 10. The summed E-state index contributed by atoms with van der Waals surface area (Å²) in [5.41, 5.74) is -0.0529. The summed E-state index contributed by atoms with van der Waals surface area (Å²) in [7, 11) is 0. The van der Waals surface area contributed by atoms with Gasteiger partial charge in [-0.1, -0.05) is 6.07 Å². The van der Waals surface area contributed by atoms with Crippen LogP contribution in [0, 0.1) is 0 Å². The summed E-state index contributed by atoms with van der Waals surface area (Å²) in [4.78, 5) is 37.2. The van der Waals surface area contributed by atoms with Gasteiger partial charge >= 0.3 is 11.6 Å². The van der Waals surface area contributed by atoms with E-state index in [9.17, 15) is 14.4 Å². The monoisotopic (exact) mass is 503 g/mol. The number of hydrogen-bond donors (Lipinski definition) is 1. The quantitative estimate of drug-likeness (QED) is 0.143. The maximum atomic E-state index is 12.4. The first-order valence-corrected chi connectivity index (χ1v) is 11.6. The number of carbonyl (C=O) groups excluding carboxylic acids is 2. The second-order valence-electron chi connectivity index (χ2n) is 7.74. The molecular formula is C28H25NO8. The molecule has 2 heterocycles. The number of hydrogen-bond acceptors (Lipinski definition) is 8. The van der Waals surface area contributed by atoms with E-state index in [1.165, 1.54) is 24.5 Å². The lowest BCUT2D eigenvalue weighted by atomic mass is 10.1. The standard InChI is InChI=1S/C28H25NO8/c1-3-33-23-11-7-18(14-25(23)34-4-2)8-12-26(30)36-20-10-9-19-15-22(28(32)37-24(19)16-20)27(31)29-17-21-6-5-13-35-21/h5-16H,3-4,17H2,1-2H3,(H,29,31)/b12-8+. The molecule has 37 heavy (non-hydrogen) atoms. The minimum absolute atomic E-state index is 0.134. The summed E-state index contributed by atoms with van der Waals surface area (Å²) in [6.07, 6.45) is 4.36. The number of carbonyl (C=O) groups is 2. The van der Waals surface area contributed by atoms with Crippen LogP contribution in [0.1, 0.15) is 35.5 Å². The van der Waals surface area contributed by atoms with E-state index in [1.54, 1.807) is 48.5 Å². The van der Waals surface area contributed by atoms with Crippen molar-refractivity contribution in [1.82, 2.24) is 5.32 Å². The number of furan rings is 1. The molecule has 0 unspecified atom stereocenters. The van der Waals surface area contributed by atoms with Gasteiger partial charge in [-0.15, -0.1) is 0 Å². The smallest absolute Gasteiger partial charge is 0.349 e. The number of benzene rings is 2. The SMILES string of the molecule is CCOc1ccc(/C=C/C(=O)Oc2ccc3cc(C(=O)NCc4ccco4)c(=O)oc3c2)cc1OCC. The first kappa shape index (κ1) is 25.3. The Bertz CT molecular complexity index is 1480. The van der Waals surface area contributed by atoms with Crippen LogP contribution in [0.5, 0.6) is 17.2 Å². The lowest BCUT2D eigenvalue weighted by Crippen LogP contribution is -2.27. The third-order valence-corrected chi connectivity index (χ3v) is 5.15. The second kappa shape index (κ2) is 11.8. The van der Waals surface area contributed by atoms with E-state index in [4.69, 9.17) is 23.0 Å². The van der Waals surface area contributed by atoms with Gasteiger partial charge in [-0.2, -0.15) is 0 Å². The van der Waals surface area contributed by atoms with Gasteiger partial charge in [0.2, 0.25) is 0 Å². The van der Waals surface area contributed by atoms with E-state index >= 15 is 0 Å². The predicted octanol–water partition coefficient (Wildman–Crippen LogP) is 4.73. The van der Waals surface area contributed by atoms with Crippen LogP contribution in [-0.2, 0) is 11.3 Å². The van der Waals surface area contributed by atoms with Crippen LogP contribution in [0.3, 0.4) is 0 Å². The van der Waals surface area contributed by atoms with Crippen molar-refractivity contribution in [3.63, 3.8) is 0 Å². The van der Waals surface area contributed by atoms with Crippen molar-refractivity contribution in [2.45, 2.75) is 20.4 Å². The Hall–Kier alpha value is -4.79. The van der Waals surface area contributed by atoms with Gasteiger partial charge in [0.1, 0.15) is 22.7 Å². The molecule has 1 N–H and O–H groups in total. The molecule has 0 saturated carbocycles. The maximum Gasteiger partial charge on any atom is 0.349 e. The van der Waals surface area contributed by atoms with E-state index in [2.05, 4.69) is 5.32 Å². The number of ether oxygens (including phenoxy) is 3. The summed E-state index contributed by atoms with van der Waals surface area (Å²) in [5.74, 6) is 0.730. The second-order valence-corrected chi connectivity index (χ2v) is 7.74. The fourth-order valence-electron chi connectivity index (χ4n) is 3.47. The van der Waals surface area contributed by atoms with Gasteiger partial charge in [0.05, 0.1) is 26.0 Å². The highest BCUT2D eigenvalue weighted by atomic mass is 16.5. The summed E-state index contributed by atoms with van der Waals surface area (Å²) >= 11 is 0. The summed E-state index contributed by atoms with van der Waals surface area (Å²) in [5, 5.41) is 3.10. The molecular weight excluding hydrogens is 478 g/mol. The largest absolute Gasteiger partial charge is 0.490 e. The zero-order valence-corrected chi connectivity index (χ0v) is 20.3. The molecule has 0 aliphatic carbocycles. The highest BCUT2D eigenvalue weighted by molar-refractivity contribution is 5.97. The Labute approximate surface area is 212 Å². The van der Waals surface area contributed by atoms with Gasteiger partial charge in [-0.05, 0) is 68.0 Å². The summed E-state index contributed by atoms with van der Waals surface area (Å²) in [6.45, 7) is 4.88. The average molecular weight is 504 g/mol. The summed E-state index contributed by atoms with van der Waals surface area (Å²) < 4.78 is 26.9. The number of amides is 1. The molecule has 0 aliphatic heterocycles. The molecule has 2 aromatic heterocycles. The van der Waals surface area contributed by atoms with E-state index in [0.29, 0.717) is 35.9 Å². The molecule has 0 aliphatic rings. The Kier molecular flexibility index (Phi) is 8.05. The Balaban J connectivity index is 1.44. The van der Waals surface area contributed by atoms with Gasteiger partial charge in [0.15, 0.2) is 11.5 Å². The van der Waals surface area contributed by atoms with E-state index in [1.807, 2.05) is 13.8 Å². The van der Waals surface area contributed by atoms with Crippen LogP contribution in [0.2, 0.25) is 0 Å². The molecule has 0 radical (unpaired) electrons. The van der Waals surface area contributed by atoms with Crippen molar-refractivity contribution in [2.75, 3.05) is 13.2 Å². The van der Waals surface area contributed by atoms with E-state index < -0.39 is 17.5 Å². The molecule has 4 aromatic rings. The lowest BCUT2D eigenvalue weighted by Gasteiger charge is -2.11. The molecule has 0 saturated heterocycles. The number of nitrogens with one attached hydrogen (secondary N) is 1. The normalized spacial score (nSPS) is 11.0. The molecule has 0 spiro atoms. The minimum Gasteiger partial charge on any atom is -0.490 e. The fourth-order valence-corrected chi connectivity index (χ4v) is 3.47. The molecule has 9 heteroatoms. The van der Waals surface area contributed by atoms with E-state index in [-0.39, 0.29) is 23.4 Å². The van der Waals surface area contributed by atoms with Crippen molar-refractivity contribution in [1.29, 1.82) is 0 Å². The van der Waals surface area contributed by atoms with Crippen LogP contribution >= 0.6 is 0 Å². The lowest BCUT2D eigenvalue weighted by molar-refractivity contribution is -0.128. The molecule has 190 valence electrons. The van der Waals surface area contributed by atoms with Crippen molar-refractivity contribution < 1.29 is 32.6 Å². The fraction of sp³-hybridized carbons (Fsp3) is 0.179. The zero-order valence-electron chi connectivity index (χ0n) is 20.3. The third-order valence-electron chi connectivity index (χ3n) is 5.15. The van der Waals surface area contributed by atoms with Gasteiger partial charge in [0, 0.05) is 17.5 Å². The highest BCUT2D eigenvalue weighted by Gasteiger charge is 2.15. The number of esters is 1. The molecule has 9 nitrogen and oxygen atoms in total. The van der Waals surface area contributed by atoms with Crippen LogP contribution in [-0.4, -0.2) is 25.1 Å². The third kappa shape index (κ3) is 6.46. The first-order valence-electron chi connectivity index (χ1n) is 11.6. The molecule has 0 atom stereocenters. The van der Waals surface area contributed by atoms with Crippen molar-refractivity contribution >= 4 is 28.9 Å². The first-order chi connectivity index (χ1) is 18.0. The topological polar surface area (TPSA) is 117 Å². The molecule has 0 fully saturated rings. The van der Waals surface area contributed by atoms with Crippen LogP contribution in [0.15, 0.2) is 80.6 Å². The maximum absolute atomic E-state index is 12.4. The summed E-state index contributed by atoms with van der Waals surface area (Å²) in [6, 6.07) is 14.7. The van der Waals surface area contributed by atoms with Gasteiger partial charge in [-0.3, -0.25) is 4.79 Å². The molecule has 0 bridgehead atoms. The van der Waals surface area contributed by atoms with Gasteiger partial charge in [0.25, 0.3) is 5.91 Å². The van der Waals surface area contributed by atoms with Crippen molar-refractivity contribution in [3.05, 3.63) is 94.2 Å². The predicted molar refractivity (Wildman–Crippen MR) is 136 cm³/mol. The van der Waals surface area contributed by atoms with Crippen LogP contribution in [0.25, 0.3) is 17.0 Å². The Morgan fingerprint density at radius 1 is 0.973 bits per heavy atom. The molecule has 4 rings (SSSR count). The minimum atomic E-state index is -0.812. The number of fused-ring (bicyclic) bond motifs is 1. The van der Waals surface area contributed by atoms with Crippen molar-refractivity contribution in [2.24, 2.45) is 0 Å². The Morgan fingerprint density at radius 3 is 2.54 bits per heavy atom. The molecule has 1 amide bonds. The van der Waals surface area contributed by atoms with E-state index in [0.717, 1.165) is 5.56 Å². The van der Waals surface area contributed by atoms with Gasteiger partial charge < -0.3 is 28.4 Å². The van der Waals surface area contributed by atoms with Crippen molar-refractivity contribution in [3.8, 4) is 17.2 Å². The molecule has 2 aromatic carbocycles. The zero-order chi connectivity index (χ0) is 26.2. The van der Waals surface area contributed by atoms with Crippen LogP contribution in [0.4, 0.5) is 0 Å². The average Bonchev–Trinajstić information content (AvgIpc) is 3.41. The van der Waals surface area contributed by atoms with Crippen LogP contribution < -0.4 is 25.2 Å². The Morgan fingerprint density at radius 2 is 1.78 bits per heavy atom. The highest BCUT2D eigenvalue weighted by Crippen LogP contribution is 2.29. The van der Waals surface area contributed by atoms with Gasteiger partial charge in [-0.25, -0.2) is 9.59 Å².